The van der Waals surface area contributed by atoms with Gasteiger partial charge >= 0.3 is 0 Å². The van der Waals surface area contributed by atoms with Gasteiger partial charge in [0.25, 0.3) is 5.69 Å². The predicted octanol–water partition coefficient (Wildman–Crippen LogP) is 5.07. The van der Waals surface area contributed by atoms with Crippen LogP contribution in [-0.2, 0) is 0 Å². The highest BCUT2D eigenvalue weighted by Gasteiger charge is 2.11. The number of hydrogen-bond acceptors (Lipinski definition) is 5. The molecule has 0 fully saturated rings. The van der Waals surface area contributed by atoms with Crippen LogP contribution < -0.4 is 10.1 Å². The monoisotopic (exact) mass is 362 g/mol. The van der Waals surface area contributed by atoms with Gasteiger partial charge in [0.2, 0.25) is 0 Å². The molecule has 0 radical (unpaired) electrons. The van der Waals surface area contributed by atoms with Crippen molar-refractivity contribution in [2.45, 2.75) is 6.42 Å². The molecule has 0 unspecified atom stereocenters. The van der Waals surface area contributed by atoms with Crippen LogP contribution in [0.1, 0.15) is 16.8 Å². The summed E-state index contributed by atoms with van der Waals surface area (Å²) in [5.74, 6) is 1.34. The Morgan fingerprint density at radius 2 is 1.63 bits per heavy atom. The van der Waals surface area contributed by atoms with E-state index in [0.717, 1.165) is 17.2 Å². The fourth-order valence-corrected chi connectivity index (χ4v) is 2.52. The molecule has 0 aliphatic carbocycles. The molecule has 0 amide bonds. The van der Waals surface area contributed by atoms with Crippen molar-refractivity contribution in [2.24, 2.45) is 0 Å². The molecule has 1 N–H and O–H groups in total. The van der Waals surface area contributed by atoms with Crippen LogP contribution in [0.25, 0.3) is 0 Å². The molecule has 0 aliphatic rings. The third kappa shape index (κ3) is 5.15. The van der Waals surface area contributed by atoms with E-state index < -0.39 is 4.92 Å². The van der Waals surface area contributed by atoms with Crippen LogP contribution in [0.5, 0.6) is 11.5 Å². The molecule has 0 bridgehead atoms. The molecule has 3 aromatic rings. The lowest BCUT2D eigenvalue weighted by atomic mass is 10.1. The number of ketones is 1. The van der Waals surface area contributed by atoms with E-state index in [2.05, 4.69) is 5.32 Å². The van der Waals surface area contributed by atoms with Crippen LogP contribution in [0.3, 0.4) is 0 Å². The van der Waals surface area contributed by atoms with E-state index in [0.29, 0.717) is 12.1 Å². The van der Waals surface area contributed by atoms with Gasteiger partial charge in [0.1, 0.15) is 11.5 Å². The first-order valence-corrected chi connectivity index (χ1v) is 8.46. The highest BCUT2D eigenvalue weighted by molar-refractivity contribution is 5.96. The molecule has 6 heteroatoms. The van der Waals surface area contributed by atoms with Crippen LogP contribution >= 0.6 is 0 Å². The smallest absolute Gasteiger partial charge is 0.270 e. The molecule has 0 spiro atoms. The summed E-state index contributed by atoms with van der Waals surface area (Å²) in [6, 6.07) is 22.7. The molecule has 3 rings (SSSR count). The lowest BCUT2D eigenvalue weighted by molar-refractivity contribution is -0.384. The maximum absolute atomic E-state index is 12.2. The number of benzene rings is 3. The second kappa shape index (κ2) is 8.62. The molecule has 3 aromatic carbocycles. The highest BCUT2D eigenvalue weighted by Crippen LogP contribution is 2.22. The molecule has 0 saturated heterocycles. The molecule has 6 nitrogen and oxygen atoms in total. The topological polar surface area (TPSA) is 81.5 Å². The first-order chi connectivity index (χ1) is 13.1. The van der Waals surface area contributed by atoms with Crippen LogP contribution in [0.4, 0.5) is 11.4 Å². The summed E-state index contributed by atoms with van der Waals surface area (Å²) in [5, 5.41) is 14.0. The number of anilines is 1. The fourth-order valence-electron chi connectivity index (χ4n) is 2.52. The van der Waals surface area contributed by atoms with E-state index in [9.17, 15) is 14.9 Å². The summed E-state index contributed by atoms with van der Waals surface area (Å²) >= 11 is 0. The molecular weight excluding hydrogens is 344 g/mol. The van der Waals surface area contributed by atoms with Crippen LogP contribution in [0, 0.1) is 10.1 Å². The van der Waals surface area contributed by atoms with Gasteiger partial charge in [0, 0.05) is 36.3 Å². The van der Waals surface area contributed by atoms with Gasteiger partial charge in [-0.3, -0.25) is 14.9 Å². The normalized spacial score (nSPS) is 10.2. The van der Waals surface area contributed by atoms with Crippen molar-refractivity contribution in [1.82, 2.24) is 0 Å². The van der Waals surface area contributed by atoms with Gasteiger partial charge in [-0.25, -0.2) is 0 Å². The van der Waals surface area contributed by atoms with Crippen molar-refractivity contribution < 1.29 is 14.5 Å². The maximum atomic E-state index is 12.2. The Kier molecular flexibility index (Phi) is 5.79. The average molecular weight is 362 g/mol. The average Bonchev–Trinajstić information content (AvgIpc) is 2.70. The number of nitro benzene ring substituents is 1. The molecule has 0 heterocycles. The second-order valence-corrected chi connectivity index (χ2v) is 5.85. The number of hydrogen-bond donors (Lipinski definition) is 1. The minimum Gasteiger partial charge on any atom is -0.457 e. The zero-order valence-corrected chi connectivity index (χ0v) is 14.5. The summed E-state index contributed by atoms with van der Waals surface area (Å²) in [7, 11) is 0. The third-order valence-electron chi connectivity index (χ3n) is 3.89. The number of nitrogens with zero attached hydrogens (tertiary/aromatic N) is 1. The Bertz CT molecular complexity index is 924. The number of nitrogens with one attached hydrogen (secondary N) is 1. The summed E-state index contributed by atoms with van der Waals surface area (Å²) in [6.45, 7) is 0.431. The number of carbonyl (C=O) groups is 1. The van der Waals surface area contributed by atoms with E-state index in [4.69, 9.17) is 4.74 Å². The van der Waals surface area contributed by atoms with Gasteiger partial charge in [0.15, 0.2) is 5.78 Å². The third-order valence-corrected chi connectivity index (χ3v) is 3.89. The van der Waals surface area contributed by atoms with E-state index >= 15 is 0 Å². The van der Waals surface area contributed by atoms with Crippen molar-refractivity contribution in [1.29, 1.82) is 0 Å². The summed E-state index contributed by atoms with van der Waals surface area (Å²) in [5.41, 5.74) is 1.13. The number of Topliss-reactive ketones (excluding diaryl/α,β-unsaturated/α-hetero) is 1. The molecule has 136 valence electrons. The maximum Gasteiger partial charge on any atom is 0.270 e. The minimum absolute atomic E-state index is 0.0807. The number of nitro groups is 1. The highest BCUT2D eigenvalue weighted by atomic mass is 16.6. The van der Waals surface area contributed by atoms with Gasteiger partial charge in [-0.15, -0.1) is 0 Å². The fraction of sp³-hybridized carbons (Fsp3) is 0.0952. The second-order valence-electron chi connectivity index (χ2n) is 5.85. The quantitative estimate of drug-likeness (QED) is 0.344. The molecule has 0 aromatic heterocycles. The number of rotatable bonds is 8. The van der Waals surface area contributed by atoms with Gasteiger partial charge in [0.05, 0.1) is 4.92 Å². The summed E-state index contributed by atoms with van der Waals surface area (Å²) in [4.78, 5) is 22.5. The molecule has 27 heavy (non-hydrogen) atoms. The Morgan fingerprint density at radius 1 is 0.926 bits per heavy atom. The Morgan fingerprint density at radius 3 is 2.33 bits per heavy atom. The number of carbonyl (C=O) groups excluding carboxylic acids is 1. The van der Waals surface area contributed by atoms with Gasteiger partial charge in [-0.05, 0) is 36.4 Å². The van der Waals surface area contributed by atoms with Crippen LogP contribution in [0.2, 0.25) is 0 Å². The minimum atomic E-state index is -0.506. The van der Waals surface area contributed by atoms with Crippen molar-refractivity contribution >= 4 is 17.2 Å². The lowest BCUT2D eigenvalue weighted by Crippen LogP contribution is -2.09. The lowest BCUT2D eigenvalue weighted by Gasteiger charge is -2.08. The van der Waals surface area contributed by atoms with E-state index in [-0.39, 0.29) is 17.9 Å². The standard InChI is InChI=1S/C21H18N2O4/c24-21(16-5-4-6-18(15-16)23(25)26)13-14-22-17-9-11-20(12-10-17)27-19-7-2-1-3-8-19/h1-12,15,22H,13-14H2. The van der Waals surface area contributed by atoms with Crippen LogP contribution in [-0.4, -0.2) is 17.3 Å². The Labute approximate surface area is 156 Å². The summed E-state index contributed by atoms with van der Waals surface area (Å²) in [6.07, 6.45) is 0.240. The molecule has 0 aliphatic heterocycles. The van der Waals surface area contributed by atoms with Crippen LogP contribution in [0.15, 0.2) is 78.9 Å². The Hall–Kier alpha value is -3.67. The molecular formula is C21H18N2O4. The van der Waals surface area contributed by atoms with Crippen molar-refractivity contribution in [3.05, 3.63) is 94.5 Å². The van der Waals surface area contributed by atoms with Gasteiger partial charge in [-0.1, -0.05) is 30.3 Å². The van der Waals surface area contributed by atoms with E-state index in [1.54, 1.807) is 6.07 Å². The first-order valence-electron chi connectivity index (χ1n) is 8.46. The zero-order valence-electron chi connectivity index (χ0n) is 14.5. The van der Waals surface area contributed by atoms with Gasteiger partial charge in [-0.2, -0.15) is 0 Å². The first kappa shape index (κ1) is 18.1. The van der Waals surface area contributed by atoms with Crippen molar-refractivity contribution in [2.75, 3.05) is 11.9 Å². The molecule has 0 atom stereocenters. The predicted molar refractivity (Wildman–Crippen MR) is 103 cm³/mol. The number of para-hydroxylation sites is 1. The SMILES string of the molecule is O=C(CCNc1ccc(Oc2ccccc2)cc1)c1cccc([N+](=O)[O-])c1. The van der Waals surface area contributed by atoms with E-state index in [1.807, 2.05) is 54.6 Å². The van der Waals surface area contributed by atoms with Crippen molar-refractivity contribution in [3.8, 4) is 11.5 Å². The number of non-ortho nitro benzene ring substituents is 1. The van der Waals surface area contributed by atoms with Crippen molar-refractivity contribution in [3.63, 3.8) is 0 Å². The molecule has 0 saturated carbocycles. The zero-order chi connectivity index (χ0) is 19.1. The largest absolute Gasteiger partial charge is 0.457 e. The van der Waals surface area contributed by atoms with Gasteiger partial charge < -0.3 is 10.1 Å². The Balaban J connectivity index is 1.51. The number of ether oxygens (including phenoxy) is 1. The van der Waals surface area contributed by atoms with E-state index in [1.165, 1.54) is 18.2 Å². The summed E-state index contributed by atoms with van der Waals surface area (Å²) < 4.78 is 5.73.